The predicted octanol–water partition coefficient (Wildman–Crippen LogP) is 4.73. The molecule has 1 aliphatic heterocycles. The van der Waals surface area contributed by atoms with Crippen molar-refractivity contribution in [2.75, 3.05) is 31.1 Å². The summed E-state index contributed by atoms with van der Waals surface area (Å²) in [5, 5.41) is 23.0. The largest absolute Gasteiger partial charge is 0.416 e. The van der Waals surface area contributed by atoms with E-state index >= 15 is 0 Å². The van der Waals surface area contributed by atoms with Gasteiger partial charge in [-0.3, -0.25) is 0 Å². The van der Waals surface area contributed by atoms with Crippen molar-refractivity contribution in [2.45, 2.75) is 31.9 Å². The Morgan fingerprint density at radius 1 is 1.13 bits per heavy atom. The monoisotopic (exact) mass is 462 g/mol. The number of anilines is 1. The Hall–Kier alpha value is -1.51. The van der Waals surface area contributed by atoms with Crippen molar-refractivity contribution in [2.24, 2.45) is 0 Å². The van der Waals surface area contributed by atoms with Crippen LogP contribution in [-0.4, -0.2) is 47.5 Å². The summed E-state index contributed by atoms with van der Waals surface area (Å²) in [6.45, 7) is 6.31. The zero-order valence-electron chi connectivity index (χ0n) is 16.5. The molecule has 4 nitrogen and oxygen atoms in total. The number of fused-ring (bicyclic) bond motifs is 1. The third kappa shape index (κ3) is 3.89. The number of hydrogen-bond donors (Lipinski definition) is 2. The van der Waals surface area contributed by atoms with Crippen LogP contribution >= 0.6 is 23.2 Å². The molecule has 0 saturated heterocycles. The Bertz CT molecular complexity index is 922. The van der Waals surface area contributed by atoms with Gasteiger partial charge in [0, 0.05) is 34.9 Å². The number of halogens is 5. The number of rotatable bonds is 6. The van der Waals surface area contributed by atoms with Gasteiger partial charge in [-0.25, -0.2) is 0 Å². The Morgan fingerprint density at radius 2 is 1.77 bits per heavy atom. The molecule has 0 aromatic heterocycles. The molecule has 30 heavy (non-hydrogen) atoms. The second-order valence-electron chi connectivity index (χ2n) is 7.19. The van der Waals surface area contributed by atoms with Crippen LogP contribution in [0.15, 0.2) is 36.4 Å². The van der Waals surface area contributed by atoms with E-state index in [-0.39, 0.29) is 22.2 Å². The van der Waals surface area contributed by atoms with E-state index in [1.165, 1.54) is 29.2 Å². The molecule has 0 fully saturated rings. The van der Waals surface area contributed by atoms with Crippen LogP contribution in [0.1, 0.15) is 30.5 Å². The summed E-state index contributed by atoms with van der Waals surface area (Å²) in [6.07, 6.45) is -6.40. The molecule has 0 amide bonds. The minimum atomic E-state index is -4.72. The highest BCUT2D eigenvalue weighted by atomic mass is 35.5. The normalized spacial score (nSPS) is 21.4. The van der Waals surface area contributed by atoms with Crippen molar-refractivity contribution >= 4 is 28.9 Å². The molecule has 3 rings (SSSR count). The van der Waals surface area contributed by atoms with E-state index in [9.17, 15) is 23.4 Å². The standard InChI is InChI=1S/C21H23Cl2F3N2O2/c1-3-27(4-2)9-10-28-17-12-13(22)11-16(23)18(17)20(30,19(28)29)14-7-5-6-8-15(14)21(24,25)26/h5-8,11-12,19,29-30H,3-4,9-10H2,1-2H3. The van der Waals surface area contributed by atoms with Gasteiger partial charge in [0.2, 0.25) is 0 Å². The minimum Gasteiger partial charge on any atom is -0.375 e. The lowest BCUT2D eigenvalue weighted by atomic mass is 9.83. The van der Waals surface area contributed by atoms with Gasteiger partial charge in [0.05, 0.1) is 10.6 Å². The van der Waals surface area contributed by atoms with Gasteiger partial charge in [-0.1, -0.05) is 55.2 Å². The Kier molecular flexibility index (Phi) is 6.60. The maximum absolute atomic E-state index is 13.7. The summed E-state index contributed by atoms with van der Waals surface area (Å²) in [5.41, 5.74) is -3.55. The van der Waals surface area contributed by atoms with E-state index in [2.05, 4.69) is 4.90 Å². The fourth-order valence-electron chi connectivity index (χ4n) is 4.02. The third-order valence-electron chi connectivity index (χ3n) is 5.59. The Balaban J connectivity index is 2.18. The number of aliphatic hydroxyl groups is 2. The molecule has 2 aromatic rings. The molecular weight excluding hydrogens is 440 g/mol. The highest BCUT2D eigenvalue weighted by Crippen LogP contribution is 2.53. The molecule has 9 heteroatoms. The van der Waals surface area contributed by atoms with E-state index in [1.807, 2.05) is 13.8 Å². The van der Waals surface area contributed by atoms with Crippen LogP contribution in [0.5, 0.6) is 0 Å². The summed E-state index contributed by atoms with van der Waals surface area (Å²) in [5.74, 6) is 0. The number of aliphatic hydroxyl groups excluding tert-OH is 1. The molecule has 1 heterocycles. The first-order chi connectivity index (χ1) is 14.1. The molecule has 0 bridgehead atoms. The maximum atomic E-state index is 13.7. The van der Waals surface area contributed by atoms with Crippen LogP contribution in [-0.2, 0) is 11.8 Å². The molecule has 0 saturated carbocycles. The SMILES string of the molecule is CCN(CC)CCN1c2cc(Cl)cc(Cl)c2C(O)(c2ccccc2C(F)(F)F)C1O. The van der Waals surface area contributed by atoms with E-state index in [4.69, 9.17) is 23.2 Å². The van der Waals surface area contributed by atoms with Crippen molar-refractivity contribution in [3.63, 3.8) is 0 Å². The van der Waals surface area contributed by atoms with E-state index in [0.717, 1.165) is 25.2 Å². The zero-order chi connectivity index (χ0) is 22.3. The molecule has 2 aromatic carbocycles. The van der Waals surface area contributed by atoms with E-state index in [0.29, 0.717) is 12.2 Å². The van der Waals surface area contributed by atoms with Crippen molar-refractivity contribution in [3.05, 3.63) is 63.1 Å². The first kappa shape index (κ1) is 23.2. The fourth-order valence-corrected chi connectivity index (χ4v) is 4.65. The molecule has 2 N–H and O–H groups in total. The van der Waals surface area contributed by atoms with Crippen LogP contribution < -0.4 is 4.90 Å². The Morgan fingerprint density at radius 3 is 2.37 bits per heavy atom. The van der Waals surface area contributed by atoms with Gasteiger partial charge < -0.3 is 20.0 Å². The van der Waals surface area contributed by atoms with Crippen LogP contribution in [0.4, 0.5) is 18.9 Å². The van der Waals surface area contributed by atoms with Crippen molar-refractivity contribution in [3.8, 4) is 0 Å². The van der Waals surface area contributed by atoms with Crippen LogP contribution in [0.3, 0.4) is 0 Å². The van der Waals surface area contributed by atoms with Gasteiger partial charge in [-0.05, 0) is 31.3 Å². The molecule has 1 aliphatic rings. The number of nitrogens with zero attached hydrogens (tertiary/aromatic N) is 2. The summed E-state index contributed by atoms with van der Waals surface area (Å²) >= 11 is 12.5. The molecule has 0 radical (unpaired) electrons. The van der Waals surface area contributed by atoms with Crippen LogP contribution in [0.25, 0.3) is 0 Å². The number of hydrogen-bond acceptors (Lipinski definition) is 4. The third-order valence-corrected chi connectivity index (χ3v) is 6.10. The molecular formula is C21H23Cl2F3N2O2. The lowest BCUT2D eigenvalue weighted by Crippen LogP contribution is -2.48. The average Bonchev–Trinajstić information content (AvgIpc) is 2.90. The lowest BCUT2D eigenvalue weighted by Gasteiger charge is -2.34. The number of benzene rings is 2. The highest BCUT2D eigenvalue weighted by molar-refractivity contribution is 6.36. The van der Waals surface area contributed by atoms with Crippen molar-refractivity contribution < 1.29 is 23.4 Å². The maximum Gasteiger partial charge on any atom is 0.416 e. The predicted molar refractivity (Wildman–Crippen MR) is 112 cm³/mol. The highest BCUT2D eigenvalue weighted by Gasteiger charge is 2.55. The number of likely N-dealkylation sites (N-methyl/N-ethyl adjacent to an activating group) is 1. The van der Waals surface area contributed by atoms with Crippen molar-refractivity contribution in [1.82, 2.24) is 4.90 Å². The van der Waals surface area contributed by atoms with Gasteiger partial charge >= 0.3 is 6.18 Å². The topological polar surface area (TPSA) is 46.9 Å². The van der Waals surface area contributed by atoms with Gasteiger partial charge in [-0.2, -0.15) is 13.2 Å². The Labute approximate surface area is 183 Å². The molecule has 2 atom stereocenters. The van der Waals surface area contributed by atoms with Gasteiger partial charge in [0.15, 0.2) is 11.8 Å². The zero-order valence-corrected chi connectivity index (χ0v) is 18.1. The molecule has 2 unspecified atom stereocenters. The first-order valence-electron chi connectivity index (χ1n) is 9.61. The minimum absolute atomic E-state index is 0.0114. The van der Waals surface area contributed by atoms with Gasteiger partial charge in [0.25, 0.3) is 0 Å². The second kappa shape index (κ2) is 8.55. The van der Waals surface area contributed by atoms with E-state index in [1.54, 1.807) is 0 Å². The summed E-state index contributed by atoms with van der Waals surface area (Å²) in [4.78, 5) is 3.55. The summed E-state index contributed by atoms with van der Waals surface area (Å²) < 4.78 is 41.1. The van der Waals surface area contributed by atoms with Gasteiger partial charge in [0.1, 0.15) is 0 Å². The van der Waals surface area contributed by atoms with Crippen LogP contribution in [0.2, 0.25) is 10.0 Å². The summed E-state index contributed by atoms with van der Waals surface area (Å²) in [6, 6.07) is 7.51. The summed E-state index contributed by atoms with van der Waals surface area (Å²) in [7, 11) is 0. The first-order valence-corrected chi connectivity index (χ1v) is 10.4. The lowest BCUT2D eigenvalue weighted by molar-refractivity contribution is -0.141. The smallest absolute Gasteiger partial charge is 0.375 e. The van der Waals surface area contributed by atoms with Gasteiger partial charge in [-0.15, -0.1) is 0 Å². The van der Waals surface area contributed by atoms with E-state index < -0.39 is 29.1 Å². The average molecular weight is 463 g/mol. The molecule has 164 valence electrons. The second-order valence-corrected chi connectivity index (χ2v) is 8.03. The number of alkyl halides is 3. The fraction of sp³-hybridized carbons (Fsp3) is 0.429. The van der Waals surface area contributed by atoms with Crippen molar-refractivity contribution in [1.29, 1.82) is 0 Å². The molecule has 0 spiro atoms. The molecule has 0 aliphatic carbocycles. The van der Waals surface area contributed by atoms with Crippen LogP contribution in [0, 0.1) is 0 Å². The quantitative estimate of drug-likeness (QED) is 0.651.